The number of ether oxygens (including phenoxy) is 4. The van der Waals surface area contributed by atoms with Gasteiger partial charge in [0.25, 0.3) is 0 Å². The van der Waals surface area contributed by atoms with Gasteiger partial charge in [-0.3, -0.25) is 37.3 Å². The molecule has 0 aliphatic rings. The van der Waals surface area contributed by atoms with Crippen LogP contribution in [0, 0.1) is 0 Å². The molecule has 0 amide bonds. The second-order valence-electron chi connectivity index (χ2n) is 26.6. The third kappa shape index (κ3) is 75.4. The second kappa shape index (κ2) is 76.4. The van der Waals surface area contributed by atoms with Crippen molar-refractivity contribution in [2.24, 2.45) is 0 Å². The van der Waals surface area contributed by atoms with Crippen molar-refractivity contribution in [3.05, 3.63) is 134 Å². The Labute approximate surface area is 631 Å². The fourth-order valence-electron chi connectivity index (χ4n) is 10.5. The number of hydrogen-bond donors (Lipinski definition) is 3. The summed E-state index contributed by atoms with van der Waals surface area (Å²) in [5.41, 5.74) is 0. The first-order valence-electron chi connectivity index (χ1n) is 40.4. The summed E-state index contributed by atoms with van der Waals surface area (Å²) in [4.78, 5) is 73.0. The normalized spacial score (nSPS) is 14.6. The first-order valence-corrected chi connectivity index (χ1v) is 43.4. The van der Waals surface area contributed by atoms with E-state index < -0.39 is 97.5 Å². The zero-order valence-electron chi connectivity index (χ0n) is 65.2. The number of carbonyl (C=O) groups excluding carboxylic acids is 4. The molecule has 0 spiro atoms. The van der Waals surface area contributed by atoms with E-state index in [1.165, 1.54) is 64.2 Å². The molecule has 5 unspecified atom stereocenters. The van der Waals surface area contributed by atoms with Crippen LogP contribution >= 0.6 is 15.6 Å². The maximum atomic E-state index is 13.1. The number of carbonyl (C=O) groups is 4. The van der Waals surface area contributed by atoms with Crippen LogP contribution in [0.1, 0.15) is 323 Å². The predicted octanol–water partition coefficient (Wildman–Crippen LogP) is 23.7. The molecule has 596 valence electrons. The quantitative estimate of drug-likeness (QED) is 0.0169. The zero-order valence-corrected chi connectivity index (χ0v) is 66.9. The van der Waals surface area contributed by atoms with Crippen LogP contribution in [0.25, 0.3) is 0 Å². The molecule has 19 heteroatoms. The number of allylic oxidation sites excluding steroid dienone is 22. The van der Waals surface area contributed by atoms with Crippen molar-refractivity contribution >= 4 is 39.5 Å². The van der Waals surface area contributed by atoms with Crippen LogP contribution in [0.2, 0.25) is 0 Å². The molecule has 104 heavy (non-hydrogen) atoms. The van der Waals surface area contributed by atoms with Gasteiger partial charge in [-0.1, -0.05) is 277 Å². The van der Waals surface area contributed by atoms with Gasteiger partial charge in [-0.25, -0.2) is 9.13 Å². The summed E-state index contributed by atoms with van der Waals surface area (Å²) in [5, 5.41) is 10.6. The summed E-state index contributed by atoms with van der Waals surface area (Å²) in [6.45, 7) is 4.55. The van der Waals surface area contributed by atoms with Crippen LogP contribution in [0.3, 0.4) is 0 Å². The minimum absolute atomic E-state index is 0.0700. The van der Waals surface area contributed by atoms with Crippen LogP contribution < -0.4 is 0 Å². The molecule has 0 fully saturated rings. The largest absolute Gasteiger partial charge is 0.472 e. The van der Waals surface area contributed by atoms with Crippen molar-refractivity contribution in [2.75, 3.05) is 39.6 Å². The lowest BCUT2D eigenvalue weighted by atomic mass is 10.1. The van der Waals surface area contributed by atoms with E-state index in [1.54, 1.807) is 0 Å². The van der Waals surface area contributed by atoms with Crippen LogP contribution in [-0.2, 0) is 65.4 Å². The lowest BCUT2D eigenvalue weighted by Gasteiger charge is -2.21. The van der Waals surface area contributed by atoms with Gasteiger partial charge in [0.15, 0.2) is 12.2 Å². The van der Waals surface area contributed by atoms with E-state index in [0.717, 1.165) is 173 Å². The van der Waals surface area contributed by atoms with Crippen molar-refractivity contribution in [1.82, 2.24) is 0 Å². The second-order valence-corrected chi connectivity index (χ2v) is 29.5. The lowest BCUT2D eigenvalue weighted by molar-refractivity contribution is -0.161. The maximum Gasteiger partial charge on any atom is 0.472 e. The molecule has 5 atom stereocenters. The summed E-state index contributed by atoms with van der Waals surface area (Å²) in [6, 6.07) is 0. The van der Waals surface area contributed by atoms with E-state index in [0.29, 0.717) is 32.1 Å². The van der Waals surface area contributed by atoms with Gasteiger partial charge in [-0.05, 0) is 154 Å². The summed E-state index contributed by atoms with van der Waals surface area (Å²) in [6.07, 6.45) is 85.8. The average molecular weight is 1500 g/mol. The number of rotatable bonds is 75. The van der Waals surface area contributed by atoms with Crippen LogP contribution in [-0.4, -0.2) is 96.7 Å². The molecular formula is C85H144O17P2. The van der Waals surface area contributed by atoms with Crippen molar-refractivity contribution < 1.29 is 80.2 Å². The van der Waals surface area contributed by atoms with E-state index >= 15 is 0 Å². The Bertz CT molecular complexity index is 2490. The summed E-state index contributed by atoms with van der Waals surface area (Å²) in [7, 11) is -9.98. The fraction of sp³-hybridized carbons (Fsp3) is 0.694. The summed E-state index contributed by atoms with van der Waals surface area (Å²) >= 11 is 0. The number of esters is 4. The number of phosphoric ester groups is 2. The molecule has 17 nitrogen and oxygen atoms in total. The van der Waals surface area contributed by atoms with E-state index in [-0.39, 0.29) is 25.7 Å². The lowest BCUT2D eigenvalue weighted by Crippen LogP contribution is -2.30. The molecule has 3 N–H and O–H groups in total. The number of aliphatic hydroxyl groups is 1. The van der Waals surface area contributed by atoms with Crippen molar-refractivity contribution in [2.45, 2.75) is 341 Å². The first-order chi connectivity index (χ1) is 50.7. The molecule has 0 aliphatic carbocycles. The van der Waals surface area contributed by atoms with E-state index in [4.69, 9.17) is 37.0 Å². The minimum atomic E-state index is -4.99. The highest BCUT2D eigenvalue weighted by molar-refractivity contribution is 7.47. The molecule has 0 bridgehead atoms. The monoisotopic (exact) mass is 1500 g/mol. The van der Waals surface area contributed by atoms with E-state index in [1.807, 2.05) is 12.2 Å². The summed E-state index contributed by atoms with van der Waals surface area (Å²) < 4.78 is 68.6. The third-order valence-corrected chi connectivity index (χ3v) is 18.5. The van der Waals surface area contributed by atoms with Gasteiger partial charge in [0.2, 0.25) is 0 Å². The number of unbranched alkanes of at least 4 members (excludes halogenated alkanes) is 27. The highest BCUT2D eigenvalue weighted by atomic mass is 31.2. The Hall–Kier alpha value is -4.80. The Morgan fingerprint density at radius 1 is 0.279 bits per heavy atom. The van der Waals surface area contributed by atoms with Crippen LogP contribution in [0.5, 0.6) is 0 Å². The standard InChI is InChI=1S/C85H144O17P2/c1-5-9-13-17-21-25-29-33-36-38-39-41-44-47-50-54-58-62-66-70-83(88)96-76-81(102-85(90)72-68-64-60-56-52-48-42-35-31-27-23-19-15-11-7-3)78-100-104(93,94)98-74-79(86)73-97-103(91,92)99-77-80(101-84(89)71-67-63-59-55-51-45-32-28-24-20-16-12-8-4)75-95-82(87)69-65-61-57-53-49-46-43-40-37-34-30-26-22-18-14-10-6-2/h9-10,13-14,21-22,25-26,28,32-37,39,41-43,46,53,57,79-81,86H,5-8,11-12,15-20,23-24,27,29-31,38,40,44-45,47-52,54-56,58-78H2,1-4H3,(H,91,92)(H,93,94)/b13-9-,14-10-,25-21-,26-22-,32-28-,36-33-,37-34-,41-39-,42-35-,46-43-,57-53-. The SMILES string of the molecule is CC/C=C\C/C=C\C/C=C\C/C=C\C/C=C\CCCC(=O)OCC(COP(=O)(O)OCC(O)COP(=O)(O)OCC(COC(=O)CCCCCCCC/C=C\C/C=C\C/C=C\C/C=C\CC)OC(=O)CCCCCCC/C=C\CCCCCCCC)OC(=O)CCCCCCC/C=C\CCCCCC. The van der Waals surface area contributed by atoms with Gasteiger partial charge in [-0.15, -0.1) is 0 Å². The van der Waals surface area contributed by atoms with Crippen LogP contribution in [0.15, 0.2) is 134 Å². The van der Waals surface area contributed by atoms with Gasteiger partial charge >= 0.3 is 39.5 Å². The molecule has 0 rings (SSSR count). The molecule has 0 saturated heterocycles. The molecule has 0 aromatic heterocycles. The van der Waals surface area contributed by atoms with E-state index in [2.05, 4.69) is 149 Å². The number of phosphoric acid groups is 2. The Morgan fingerprint density at radius 2 is 0.510 bits per heavy atom. The molecular weight excluding hydrogens is 1350 g/mol. The van der Waals surface area contributed by atoms with Crippen molar-refractivity contribution in [3.63, 3.8) is 0 Å². The molecule has 0 saturated carbocycles. The number of aliphatic hydroxyl groups excluding tert-OH is 1. The zero-order chi connectivity index (χ0) is 76.0. The van der Waals surface area contributed by atoms with Crippen molar-refractivity contribution in [1.29, 1.82) is 0 Å². The van der Waals surface area contributed by atoms with Gasteiger partial charge in [0.1, 0.15) is 19.3 Å². The van der Waals surface area contributed by atoms with Crippen molar-refractivity contribution in [3.8, 4) is 0 Å². The highest BCUT2D eigenvalue weighted by Gasteiger charge is 2.30. The van der Waals surface area contributed by atoms with Gasteiger partial charge in [0.05, 0.1) is 26.4 Å². The third-order valence-electron chi connectivity index (χ3n) is 16.6. The Balaban J connectivity index is 5.41. The van der Waals surface area contributed by atoms with Gasteiger partial charge < -0.3 is 33.8 Å². The topological polar surface area (TPSA) is 237 Å². The smallest absolute Gasteiger partial charge is 0.462 e. The summed E-state index contributed by atoms with van der Waals surface area (Å²) in [5.74, 6) is -2.27. The number of hydrogen-bond acceptors (Lipinski definition) is 15. The van der Waals surface area contributed by atoms with Gasteiger partial charge in [-0.2, -0.15) is 0 Å². The fourth-order valence-corrected chi connectivity index (χ4v) is 12.1. The van der Waals surface area contributed by atoms with E-state index in [9.17, 15) is 43.2 Å². The average Bonchev–Trinajstić information content (AvgIpc) is 0.918. The first kappa shape index (κ1) is 99.2. The minimum Gasteiger partial charge on any atom is -0.462 e. The van der Waals surface area contributed by atoms with Crippen LogP contribution in [0.4, 0.5) is 0 Å². The predicted molar refractivity (Wildman–Crippen MR) is 427 cm³/mol. The molecule has 0 radical (unpaired) electrons. The Kier molecular flexibility index (Phi) is 72.9. The molecule has 0 aromatic carbocycles. The Morgan fingerprint density at radius 3 is 0.827 bits per heavy atom. The highest BCUT2D eigenvalue weighted by Crippen LogP contribution is 2.45. The molecule has 0 aliphatic heterocycles. The molecule has 0 aromatic rings. The van der Waals surface area contributed by atoms with Gasteiger partial charge in [0, 0.05) is 25.7 Å². The molecule has 0 heterocycles. The maximum absolute atomic E-state index is 13.1.